The van der Waals surface area contributed by atoms with Crippen LogP contribution in [0.3, 0.4) is 0 Å². The smallest absolute Gasteiger partial charge is 0.165 e. The second kappa shape index (κ2) is 6.16. The Hall–Kier alpha value is -1.13. The predicted molar refractivity (Wildman–Crippen MR) is 68.1 cm³/mol. The molecule has 0 unspecified atom stereocenters. The van der Waals surface area contributed by atoms with Crippen LogP contribution < -0.4 is 4.74 Å². The molecule has 1 aromatic carbocycles. The van der Waals surface area contributed by atoms with Crippen LogP contribution in [0, 0.1) is 11.7 Å². The highest BCUT2D eigenvalue weighted by Crippen LogP contribution is 2.27. The average Bonchev–Trinajstić information content (AvgIpc) is 2.30. The maximum atomic E-state index is 13.3. The Labute approximate surface area is 107 Å². The summed E-state index contributed by atoms with van der Waals surface area (Å²) in [7, 11) is 2.02. The van der Waals surface area contributed by atoms with Crippen molar-refractivity contribution in [1.29, 1.82) is 0 Å². The fourth-order valence-corrected chi connectivity index (χ4v) is 2.25. The molecule has 3 nitrogen and oxygen atoms in total. The van der Waals surface area contributed by atoms with Crippen LogP contribution in [0.25, 0.3) is 0 Å². The number of hydrogen-bond acceptors (Lipinski definition) is 3. The standard InChI is InChI=1S/C14H20FNO2/c1-16(10-11-8-12(17)9-11)6-7-18-14-5-3-2-4-13(14)15/h2-5,11-12,17H,6-10H2,1H3. The highest BCUT2D eigenvalue weighted by atomic mass is 19.1. The Morgan fingerprint density at radius 1 is 1.39 bits per heavy atom. The van der Waals surface area contributed by atoms with Crippen LogP contribution in [-0.4, -0.2) is 42.9 Å². The summed E-state index contributed by atoms with van der Waals surface area (Å²) in [5.41, 5.74) is 0. The molecule has 0 amide bonds. The molecule has 0 atom stereocenters. The third-order valence-electron chi connectivity index (χ3n) is 3.35. The first-order valence-corrected chi connectivity index (χ1v) is 6.39. The van der Waals surface area contributed by atoms with Crippen molar-refractivity contribution in [3.63, 3.8) is 0 Å². The van der Waals surface area contributed by atoms with Crippen molar-refractivity contribution in [2.24, 2.45) is 5.92 Å². The normalized spacial score (nSPS) is 22.9. The molecule has 18 heavy (non-hydrogen) atoms. The topological polar surface area (TPSA) is 32.7 Å². The van der Waals surface area contributed by atoms with Gasteiger partial charge in [0.25, 0.3) is 0 Å². The molecule has 4 heteroatoms. The van der Waals surface area contributed by atoms with E-state index in [1.54, 1.807) is 18.2 Å². The Bertz CT molecular complexity index is 380. The molecule has 0 heterocycles. The van der Waals surface area contributed by atoms with Gasteiger partial charge in [-0.15, -0.1) is 0 Å². The zero-order valence-corrected chi connectivity index (χ0v) is 10.7. The number of halogens is 1. The predicted octanol–water partition coefficient (Wildman–Crippen LogP) is 1.91. The third-order valence-corrected chi connectivity index (χ3v) is 3.35. The van der Waals surface area contributed by atoms with Gasteiger partial charge in [-0.25, -0.2) is 4.39 Å². The van der Waals surface area contributed by atoms with E-state index in [-0.39, 0.29) is 11.9 Å². The molecule has 0 aromatic heterocycles. The summed E-state index contributed by atoms with van der Waals surface area (Å²) >= 11 is 0. The summed E-state index contributed by atoms with van der Waals surface area (Å²) < 4.78 is 18.7. The van der Waals surface area contributed by atoms with Gasteiger partial charge in [-0.1, -0.05) is 12.1 Å². The lowest BCUT2D eigenvalue weighted by Crippen LogP contribution is -2.38. The Balaban J connectivity index is 1.64. The molecule has 0 saturated heterocycles. The van der Waals surface area contributed by atoms with E-state index in [9.17, 15) is 9.50 Å². The number of benzene rings is 1. The van der Waals surface area contributed by atoms with Gasteiger partial charge >= 0.3 is 0 Å². The van der Waals surface area contributed by atoms with Crippen molar-refractivity contribution in [1.82, 2.24) is 4.90 Å². The molecule has 1 aromatic rings. The van der Waals surface area contributed by atoms with Crippen LogP contribution in [0.5, 0.6) is 5.75 Å². The number of rotatable bonds is 6. The highest BCUT2D eigenvalue weighted by Gasteiger charge is 2.27. The van der Waals surface area contributed by atoms with Crippen LogP contribution >= 0.6 is 0 Å². The summed E-state index contributed by atoms with van der Waals surface area (Å²) in [4.78, 5) is 2.16. The zero-order chi connectivity index (χ0) is 13.0. The maximum Gasteiger partial charge on any atom is 0.165 e. The monoisotopic (exact) mass is 253 g/mol. The van der Waals surface area contributed by atoms with Crippen molar-refractivity contribution in [2.75, 3.05) is 26.7 Å². The van der Waals surface area contributed by atoms with E-state index in [1.165, 1.54) is 6.07 Å². The molecule has 1 fully saturated rings. The van der Waals surface area contributed by atoms with E-state index in [0.29, 0.717) is 18.3 Å². The molecule has 0 bridgehead atoms. The van der Waals surface area contributed by atoms with Crippen molar-refractivity contribution >= 4 is 0 Å². The van der Waals surface area contributed by atoms with Gasteiger partial charge in [0, 0.05) is 13.1 Å². The first-order valence-electron chi connectivity index (χ1n) is 6.39. The van der Waals surface area contributed by atoms with Crippen LogP contribution in [0.2, 0.25) is 0 Å². The number of aliphatic hydroxyl groups excluding tert-OH is 1. The van der Waals surface area contributed by atoms with Gasteiger partial charge in [-0.3, -0.25) is 0 Å². The van der Waals surface area contributed by atoms with Crippen LogP contribution in [0.4, 0.5) is 4.39 Å². The summed E-state index contributed by atoms with van der Waals surface area (Å²) in [5.74, 6) is 0.589. The van der Waals surface area contributed by atoms with Gasteiger partial charge in [0.2, 0.25) is 0 Å². The number of aliphatic hydroxyl groups is 1. The van der Waals surface area contributed by atoms with Crippen molar-refractivity contribution in [3.05, 3.63) is 30.1 Å². The van der Waals surface area contributed by atoms with E-state index < -0.39 is 0 Å². The number of para-hydroxylation sites is 1. The molecular weight excluding hydrogens is 233 g/mol. The SMILES string of the molecule is CN(CCOc1ccccc1F)CC1CC(O)C1. The molecule has 0 radical (unpaired) electrons. The van der Waals surface area contributed by atoms with E-state index in [2.05, 4.69) is 4.90 Å². The number of nitrogens with zero attached hydrogens (tertiary/aromatic N) is 1. The Morgan fingerprint density at radius 2 is 2.11 bits per heavy atom. The first-order chi connectivity index (χ1) is 8.65. The Kier molecular flexibility index (Phi) is 4.55. The second-order valence-corrected chi connectivity index (χ2v) is 5.03. The van der Waals surface area contributed by atoms with E-state index >= 15 is 0 Å². The lowest BCUT2D eigenvalue weighted by atomic mass is 9.82. The van der Waals surface area contributed by atoms with Gasteiger partial charge in [0.05, 0.1) is 6.10 Å². The molecule has 1 N–H and O–H groups in total. The first kappa shape index (κ1) is 13.3. The van der Waals surface area contributed by atoms with Gasteiger partial charge in [0.15, 0.2) is 11.6 Å². The minimum Gasteiger partial charge on any atom is -0.489 e. The van der Waals surface area contributed by atoms with Gasteiger partial charge in [-0.05, 0) is 37.9 Å². The summed E-state index contributed by atoms with van der Waals surface area (Å²) in [6.07, 6.45) is 1.70. The zero-order valence-electron chi connectivity index (χ0n) is 10.7. The van der Waals surface area contributed by atoms with Crippen LogP contribution in [0.15, 0.2) is 24.3 Å². The van der Waals surface area contributed by atoms with E-state index in [1.807, 2.05) is 7.05 Å². The number of hydrogen-bond donors (Lipinski definition) is 1. The summed E-state index contributed by atoms with van der Waals surface area (Å²) in [6.45, 7) is 2.21. The van der Waals surface area contributed by atoms with Gasteiger partial charge in [-0.2, -0.15) is 0 Å². The van der Waals surface area contributed by atoms with E-state index in [0.717, 1.165) is 25.9 Å². The van der Waals surface area contributed by atoms with Crippen molar-refractivity contribution in [2.45, 2.75) is 18.9 Å². The molecule has 1 aliphatic rings. The van der Waals surface area contributed by atoms with Crippen molar-refractivity contribution < 1.29 is 14.2 Å². The molecule has 100 valence electrons. The van der Waals surface area contributed by atoms with Crippen LogP contribution in [0.1, 0.15) is 12.8 Å². The summed E-state index contributed by atoms with van der Waals surface area (Å²) in [5, 5.41) is 9.20. The van der Waals surface area contributed by atoms with Gasteiger partial charge in [0.1, 0.15) is 6.61 Å². The Morgan fingerprint density at radius 3 is 2.78 bits per heavy atom. The molecule has 0 spiro atoms. The lowest BCUT2D eigenvalue weighted by molar-refractivity contribution is 0.0268. The maximum absolute atomic E-state index is 13.3. The molecule has 1 aliphatic carbocycles. The molecule has 0 aliphatic heterocycles. The van der Waals surface area contributed by atoms with Crippen molar-refractivity contribution in [3.8, 4) is 5.75 Å². The van der Waals surface area contributed by atoms with Crippen LogP contribution in [-0.2, 0) is 0 Å². The fraction of sp³-hybridized carbons (Fsp3) is 0.571. The average molecular weight is 253 g/mol. The quantitative estimate of drug-likeness (QED) is 0.840. The number of likely N-dealkylation sites (N-methyl/N-ethyl adjacent to an activating group) is 1. The second-order valence-electron chi connectivity index (χ2n) is 5.03. The highest BCUT2D eigenvalue weighted by molar-refractivity contribution is 5.23. The summed E-state index contributed by atoms with van der Waals surface area (Å²) in [6, 6.07) is 6.44. The lowest BCUT2D eigenvalue weighted by Gasteiger charge is -2.34. The third kappa shape index (κ3) is 3.68. The minimum atomic E-state index is -0.317. The minimum absolute atomic E-state index is 0.0990. The van der Waals surface area contributed by atoms with E-state index in [4.69, 9.17) is 4.74 Å². The largest absolute Gasteiger partial charge is 0.489 e. The molecule has 2 rings (SSSR count). The number of ether oxygens (including phenoxy) is 1. The van der Waals surface area contributed by atoms with Gasteiger partial charge < -0.3 is 14.7 Å². The molecular formula is C14H20FNO2. The molecule has 1 saturated carbocycles. The fourth-order valence-electron chi connectivity index (χ4n) is 2.25.